The Morgan fingerprint density at radius 1 is 1.24 bits per heavy atom. The van der Waals surface area contributed by atoms with Crippen LogP contribution >= 0.6 is 0 Å². The van der Waals surface area contributed by atoms with Gasteiger partial charge < -0.3 is 20.5 Å². The molecule has 7 heteroatoms. The number of hydrogen-bond donors (Lipinski definition) is 3. The average molecular weight is 241 g/mol. The first kappa shape index (κ1) is 13.4. The van der Waals surface area contributed by atoms with Gasteiger partial charge in [0.1, 0.15) is 0 Å². The van der Waals surface area contributed by atoms with Crippen molar-refractivity contribution >= 4 is 11.9 Å². The summed E-state index contributed by atoms with van der Waals surface area (Å²) in [5.41, 5.74) is 0. The number of aromatic nitrogens is 3. The minimum Gasteiger partial charge on any atom is -0.467 e. The lowest BCUT2D eigenvalue weighted by Gasteiger charge is -2.15. The number of anilines is 2. The minimum absolute atomic E-state index is 0.0619. The first-order valence-corrected chi connectivity index (χ1v) is 5.47. The summed E-state index contributed by atoms with van der Waals surface area (Å²) in [5.74, 6) is 0.859. The highest BCUT2D eigenvalue weighted by molar-refractivity contribution is 5.35. The number of hydrogen-bond acceptors (Lipinski definition) is 7. The third-order valence-corrected chi connectivity index (χ3v) is 2.09. The molecular weight excluding hydrogens is 222 g/mol. The second kappa shape index (κ2) is 6.19. The van der Waals surface area contributed by atoms with Gasteiger partial charge in [0.05, 0.1) is 13.2 Å². The van der Waals surface area contributed by atoms with E-state index in [0.29, 0.717) is 18.3 Å². The van der Waals surface area contributed by atoms with Gasteiger partial charge in [0, 0.05) is 13.1 Å². The van der Waals surface area contributed by atoms with Crippen LogP contribution in [-0.2, 0) is 0 Å². The van der Waals surface area contributed by atoms with E-state index in [4.69, 9.17) is 4.74 Å². The first-order chi connectivity index (χ1) is 8.05. The van der Waals surface area contributed by atoms with Crippen LogP contribution < -0.4 is 15.4 Å². The van der Waals surface area contributed by atoms with Crippen molar-refractivity contribution in [3.05, 3.63) is 0 Å². The molecule has 96 valence electrons. The summed E-state index contributed by atoms with van der Waals surface area (Å²) in [6.45, 7) is 3.69. The average Bonchev–Trinajstić information content (AvgIpc) is 2.27. The zero-order chi connectivity index (χ0) is 12.8. The highest BCUT2D eigenvalue weighted by Crippen LogP contribution is 2.12. The molecule has 0 aliphatic carbocycles. The molecule has 0 saturated heterocycles. The van der Waals surface area contributed by atoms with Gasteiger partial charge in [0.25, 0.3) is 0 Å². The molecule has 1 aromatic rings. The lowest BCUT2D eigenvalue weighted by molar-refractivity contribution is 0.179. The fraction of sp³-hybridized carbons (Fsp3) is 0.700. The van der Waals surface area contributed by atoms with Gasteiger partial charge in [-0.25, -0.2) is 0 Å². The molecular formula is C10H19N5O2. The molecule has 1 aromatic heterocycles. The van der Waals surface area contributed by atoms with Gasteiger partial charge in [0.15, 0.2) is 0 Å². The summed E-state index contributed by atoms with van der Waals surface area (Å²) >= 11 is 0. The van der Waals surface area contributed by atoms with E-state index in [0.717, 1.165) is 0 Å². The van der Waals surface area contributed by atoms with E-state index in [-0.39, 0.29) is 18.2 Å². The summed E-state index contributed by atoms with van der Waals surface area (Å²) in [7, 11) is 3.22. The number of nitrogens with one attached hydrogen (secondary N) is 2. The molecule has 0 spiro atoms. The van der Waals surface area contributed by atoms with Crippen molar-refractivity contribution < 1.29 is 9.84 Å². The second-order valence-corrected chi connectivity index (χ2v) is 3.85. The number of rotatable bonds is 6. The Balaban J connectivity index is 2.75. The van der Waals surface area contributed by atoms with Gasteiger partial charge in [-0.2, -0.15) is 15.0 Å². The fourth-order valence-corrected chi connectivity index (χ4v) is 1.42. The van der Waals surface area contributed by atoms with E-state index in [1.54, 1.807) is 14.0 Å². The second-order valence-electron chi connectivity index (χ2n) is 3.85. The maximum absolute atomic E-state index is 9.27. The van der Waals surface area contributed by atoms with Crippen LogP contribution in [0.4, 0.5) is 11.9 Å². The SMILES string of the molecule is CNc1nc(NC(C)CC(C)O)nc(OC)n1. The van der Waals surface area contributed by atoms with Crippen molar-refractivity contribution in [2.75, 3.05) is 24.8 Å². The molecule has 2 unspecified atom stereocenters. The number of aliphatic hydroxyl groups is 1. The maximum Gasteiger partial charge on any atom is 0.322 e. The zero-order valence-corrected chi connectivity index (χ0v) is 10.6. The lowest BCUT2D eigenvalue weighted by atomic mass is 10.2. The van der Waals surface area contributed by atoms with Crippen LogP contribution in [0.2, 0.25) is 0 Å². The Bertz CT molecular complexity index is 336. The van der Waals surface area contributed by atoms with Crippen molar-refractivity contribution in [1.29, 1.82) is 0 Å². The van der Waals surface area contributed by atoms with Crippen LogP contribution in [0.15, 0.2) is 0 Å². The molecule has 0 aliphatic heterocycles. The van der Waals surface area contributed by atoms with Crippen LogP contribution in [0.25, 0.3) is 0 Å². The molecule has 1 heterocycles. The Kier molecular flexibility index (Phi) is 4.89. The quantitative estimate of drug-likeness (QED) is 0.667. The topological polar surface area (TPSA) is 92.2 Å². The highest BCUT2D eigenvalue weighted by Gasteiger charge is 2.10. The molecule has 0 radical (unpaired) electrons. The molecule has 7 nitrogen and oxygen atoms in total. The molecule has 0 bridgehead atoms. The van der Waals surface area contributed by atoms with Crippen molar-refractivity contribution in [1.82, 2.24) is 15.0 Å². The third-order valence-electron chi connectivity index (χ3n) is 2.09. The van der Waals surface area contributed by atoms with Gasteiger partial charge in [-0.1, -0.05) is 0 Å². The summed E-state index contributed by atoms with van der Waals surface area (Å²) in [5, 5.41) is 15.2. The van der Waals surface area contributed by atoms with Gasteiger partial charge in [-0.15, -0.1) is 0 Å². The smallest absolute Gasteiger partial charge is 0.322 e. The Hall–Kier alpha value is -1.63. The molecule has 0 saturated carbocycles. The van der Waals surface area contributed by atoms with Crippen LogP contribution in [0.3, 0.4) is 0 Å². The number of nitrogens with zero attached hydrogens (tertiary/aromatic N) is 3. The van der Waals surface area contributed by atoms with Gasteiger partial charge in [0.2, 0.25) is 11.9 Å². The van der Waals surface area contributed by atoms with E-state index in [2.05, 4.69) is 25.6 Å². The van der Waals surface area contributed by atoms with E-state index < -0.39 is 0 Å². The van der Waals surface area contributed by atoms with Crippen molar-refractivity contribution in [3.63, 3.8) is 0 Å². The summed E-state index contributed by atoms with van der Waals surface area (Å²) in [6, 6.07) is 0.308. The van der Waals surface area contributed by atoms with Crippen molar-refractivity contribution in [3.8, 4) is 6.01 Å². The normalized spacial score (nSPS) is 13.9. The van der Waals surface area contributed by atoms with Crippen LogP contribution in [0, 0.1) is 0 Å². The third kappa shape index (κ3) is 4.39. The van der Waals surface area contributed by atoms with E-state index >= 15 is 0 Å². The number of ether oxygens (including phenoxy) is 1. The van der Waals surface area contributed by atoms with Crippen molar-refractivity contribution in [2.24, 2.45) is 0 Å². The monoisotopic (exact) mass is 241 g/mol. The lowest BCUT2D eigenvalue weighted by Crippen LogP contribution is -2.22. The molecule has 0 aromatic carbocycles. The van der Waals surface area contributed by atoms with Crippen LogP contribution in [0.1, 0.15) is 20.3 Å². The zero-order valence-electron chi connectivity index (χ0n) is 10.6. The van der Waals surface area contributed by atoms with Gasteiger partial charge >= 0.3 is 6.01 Å². The molecule has 17 heavy (non-hydrogen) atoms. The Morgan fingerprint density at radius 3 is 2.41 bits per heavy atom. The summed E-state index contributed by atoms with van der Waals surface area (Å²) < 4.78 is 4.97. The minimum atomic E-state index is -0.370. The molecule has 0 fully saturated rings. The predicted molar refractivity (Wildman–Crippen MR) is 65.3 cm³/mol. The van der Waals surface area contributed by atoms with E-state index in [9.17, 15) is 5.11 Å². The fourth-order valence-electron chi connectivity index (χ4n) is 1.42. The molecule has 2 atom stereocenters. The van der Waals surface area contributed by atoms with E-state index in [1.165, 1.54) is 7.11 Å². The molecule has 1 rings (SSSR count). The predicted octanol–water partition coefficient (Wildman–Crippen LogP) is 0.493. The summed E-state index contributed by atoms with van der Waals surface area (Å²) in [4.78, 5) is 12.2. The highest BCUT2D eigenvalue weighted by atomic mass is 16.5. The maximum atomic E-state index is 9.27. The Labute approximate surface area is 101 Å². The largest absolute Gasteiger partial charge is 0.467 e. The van der Waals surface area contributed by atoms with Crippen LogP contribution in [-0.4, -0.2) is 46.4 Å². The number of aliphatic hydroxyl groups excluding tert-OH is 1. The van der Waals surface area contributed by atoms with Crippen molar-refractivity contribution in [2.45, 2.75) is 32.4 Å². The molecule has 0 amide bonds. The standard InChI is InChI=1S/C10H19N5O2/c1-6(5-7(2)16)12-9-13-8(11-3)14-10(15-9)17-4/h6-7,16H,5H2,1-4H3,(H2,11,12,13,14,15). The molecule has 0 aliphatic rings. The Morgan fingerprint density at radius 2 is 1.88 bits per heavy atom. The van der Waals surface area contributed by atoms with E-state index in [1.807, 2.05) is 6.92 Å². The first-order valence-electron chi connectivity index (χ1n) is 5.47. The van der Waals surface area contributed by atoms with Crippen LogP contribution in [0.5, 0.6) is 6.01 Å². The number of methoxy groups -OCH3 is 1. The van der Waals surface area contributed by atoms with Gasteiger partial charge in [-0.3, -0.25) is 0 Å². The summed E-state index contributed by atoms with van der Waals surface area (Å²) in [6.07, 6.45) is 0.244. The molecule has 3 N–H and O–H groups in total. The van der Waals surface area contributed by atoms with Gasteiger partial charge in [-0.05, 0) is 20.3 Å².